The molecule has 11 aromatic rings. The molecule has 340 valence electrons. The van der Waals surface area contributed by atoms with E-state index in [-0.39, 0.29) is 6.71 Å². The third-order valence-corrected chi connectivity index (χ3v) is 14.4. The van der Waals surface area contributed by atoms with Crippen molar-refractivity contribution >= 4 is 74.3 Å². The standard InChI is InChI=1S/C67H48BN3O/c1-9-25-49(26-10-1)67(50-27-11-2-12-28-50,51-29-13-3-14-30-51)52-45-63-66-65(46-52)72-64-48-59(70(55-35-19-6-20-36-55)56-37-21-7-22-38-56)42-44-61(64)68(66)60-43-41-58(47-62(60)71(63)57-39-23-8-24-40-57)69(53-31-15-4-16-32-53)54-33-17-5-18-34-54/h1-48H. The van der Waals surface area contributed by atoms with E-state index < -0.39 is 5.41 Å². The molecule has 0 amide bonds. The first kappa shape index (κ1) is 42.8. The average Bonchev–Trinajstić information content (AvgIpc) is 3.45. The molecule has 13 rings (SSSR count). The molecule has 0 N–H and O–H groups in total. The van der Waals surface area contributed by atoms with Crippen LogP contribution in [-0.2, 0) is 5.41 Å². The molecule has 4 nitrogen and oxygen atoms in total. The van der Waals surface area contributed by atoms with E-state index in [2.05, 4.69) is 306 Å². The number of para-hydroxylation sites is 5. The maximum Gasteiger partial charge on any atom is 0.256 e. The third kappa shape index (κ3) is 7.25. The van der Waals surface area contributed by atoms with Crippen molar-refractivity contribution in [3.8, 4) is 11.5 Å². The van der Waals surface area contributed by atoms with Gasteiger partial charge >= 0.3 is 0 Å². The topological polar surface area (TPSA) is 19.0 Å². The van der Waals surface area contributed by atoms with Gasteiger partial charge in [0.2, 0.25) is 0 Å². The van der Waals surface area contributed by atoms with Crippen molar-refractivity contribution in [2.75, 3.05) is 14.7 Å². The van der Waals surface area contributed by atoms with Crippen molar-refractivity contribution in [1.82, 2.24) is 0 Å². The van der Waals surface area contributed by atoms with Crippen LogP contribution in [0.2, 0.25) is 0 Å². The van der Waals surface area contributed by atoms with Crippen molar-refractivity contribution in [3.63, 3.8) is 0 Å². The van der Waals surface area contributed by atoms with Crippen LogP contribution in [0.15, 0.2) is 291 Å². The van der Waals surface area contributed by atoms with Gasteiger partial charge in [-0.25, -0.2) is 0 Å². The van der Waals surface area contributed by atoms with Crippen molar-refractivity contribution in [1.29, 1.82) is 0 Å². The zero-order chi connectivity index (χ0) is 47.8. The van der Waals surface area contributed by atoms with E-state index in [0.29, 0.717) is 0 Å². The quantitative estimate of drug-likeness (QED) is 0.0950. The molecule has 5 heteroatoms. The van der Waals surface area contributed by atoms with Crippen LogP contribution in [-0.4, -0.2) is 6.71 Å². The number of hydrogen-bond acceptors (Lipinski definition) is 4. The van der Waals surface area contributed by atoms with Gasteiger partial charge in [0.15, 0.2) is 0 Å². The Morgan fingerprint density at radius 1 is 0.306 bits per heavy atom. The number of nitrogens with zero attached hydrogens (tertiary/aromatic N) is 3. The SMILES string of the molecule is c1ccc(N(c2ccccc2)c2ccc3c(c2)Oc2cc(C(c4ccccc4)(c4ccccc4)c4ccccc4)cc4c2B3c2ccc(N(c3ccccc3)c3ccccc3)cc2N4c2ccccc2)cc1. The van der Waals surface area contributed by atoms with Gasteiger partial charge in [-0.3, -0.25) is 0 Å². The summed E-state index contributed by atoms with van der Waals surface area (Å²) < 4.78 is 7.55. The van der Waals surface area contributed by atoms with E-state index in [1.165, 1.54) is 5.46 Å². The second kappa shape index (κ2) is 18.2. The Morgan fingerprint density at radius 3 is 1.14 bits per heavy atom. The highest BCUT2D eigenvalue weighted by Gasteiger charge is 2.46. The zero-order valence-electron chi connectivity index (χ0n) is 39.5. The van der Waals surface area contributed by atoms with Crippen molar-refractivity contribution in [2.24, 2.45) is 0 Å². The summed E-state index contributed by atoms with van der Waals surface area (Å²) in [7, 11) is 0. The minimum absolute atomic E-state index is 0.158. The van der Waals surface area contributed by atoms with E-state index in [4.69, 9.17) is 4.74 Å². The molecule has 11 aromatic carbocycles. The van der Waals surface area contributed by atoms with Gasteiger partial charge in [-0.1, -0.05) is 194 Å². The number of fused-ring (bicyclic) bond motifs is 4. The summed E-state index contributed by atoms with van der Waals surface area (Å²) >= 11 is 0. The summed E-state index contributed by atoms with van der Waals surface area (Å²) in [5, 5.41) is 0. The molecule has 0 saturated heterocycles. The molecule has 2 aliphatic rings. The molecule has 2 heterocycles. The molecule has 0 atom stereocenters. The first-order valence-electron chi connectivity index (χ1n) is 24.7. The van der Waals surface area contributed by atoms with Gasteiger partial charge in [0.1, 0.15) is 11.5 Å². The normalized spacial score (nSPS) is 12.2. The molecule has 0 unspecified atom stereocenters. The van der Waals surface area contributed by atoms with Gasteiger partial charge in [-0.05, 0) is 130 Å². The van der Waals surface area contributed by atoms with Crippen LogP contribution in [0.25, 0.3) is 0 Å². The van der Waals surface area contributed by atoms with Crippen LogP contribution in [0, 0.1) is 0 Å². The van der Waals surface area contributed by atoms with Crippen molar-refractivity contribution in [2.45, 2.75) is 5.41 Å². The number of anilines is 9. The second-order valence-corrected chi connectivity index (χ2v) is 18.4. The Balaban J connectivity index is 1.12. The minimum Gasteiger partial charge on any atom is -0.458 e. The second-order valence-electron chi connectivity index (χ2n) is 18.4. The predicted molar refractivity (Wildman–Crippen MR) is 300 cm³/mol. The summed E-state index contributed by atoms with van der Waals surface area (Å²) in [6, 6.07) is 105. The highest BCUT2D eigenvalue weighted by Crippen LogP contribution is 2.51. The van der Waals surface area contributed by atoms with Gasteiger partial charge in [0, 0.05) is 57.3 Å². The summed E-state index contributed by atoms with van der Waals surface area (Å²) in [5.41, 5.74) is 16.9. The monoisotopic (exact) mass is 921 g/mol. The molecule has 0 aliphatic carbocycles. The molecule has 0 spiro atoms. The van der Waals surface area contributed by atoms with Gasteiger partial charge in [0.05, 0.1) is 5.41 Å². The highest BCUT2D eigenvalue weighted by molar-refractivity contribution is 6.99. The van der Waals surface area contributed by atoms with E-state index in [1.54, 1.807) is 0 Å². The minimum atomic E-state index is -0.740. The smallest absolute Gasteiger partial charge is 0.256 e. The van der Waals surface area contributed by atoms with Crippen LogP contribution in [0.5, 0.6) is 11.5 Å². The molecular weight excluding hydrogens is 874 g/mol. The highest BCUT2D eigenvalue weighted by atomic mass is 16.5. The maximum atomic E-state index is 7.55. The van der Waals surface area contributed by atoms with Gasteiger partial charge in [0.25, 0.3) is 6.71 Å². The first-order valence-corrected chi connectivity index (χ1v) is 24.7. The van der Waals surface area contributed by atoms with E-state index in [9.17, 15) is 0 Å². The number of hydrogen-bond donors (Lipinski definition) is 0. The molecule has 2 aliphatic heterocycles. The van der Waals surface area contributed by atoms with Crippen LogP contribution >= 0.6 is 0 Å². The van der Waals surface area contributed by atoms with Gasteiger partial charge in [-0.2, -0.15) is 0 Å². The molecule has 72 heavy (non-hydrogen) atoms. The zero-order valence-corrected chi connectivity index (χ0v) is 39.5. The summed E-state index contributed by atoms with van der Waals surface area (Å²) in [5.74, 6) is 1.66. The Labute approximate surface area is 422 Å². The number of rotatable bonds is 11. The summed E-state index contributed by atoms with van der Waals surface area (Å²) in [4.78, 5) is 7.15. The lowest BCUT2D eigenvalue weighted by atomic mass is 9.34. The largest absolute Gasteiger partial charge is 0.458 e. The molecule has 0 radical (unpaired) electrons. The van der Waals surface area contributed by atoms with Crippen LogP contribution < -0.4 is 35.8 Å². The van der Waals surface area contributed by atoms with Crippen LogP contribution in [0.3, 0.4) is 0 Å². The van der Waals surface area contributed by atoms with E-state index >= 15 is 0 Å². The van der Waals surface area contributed by atoms with E-state index in [1.807, 2.05) is 0 Å². The molecule has 0 bridgehead atoms. The van der Waals surface area contributed by atoms with E-state index in [0.717, 1.165) is 95.9 Å². The Morgan fingerprint density at radius 2 is 0.694 bits per heavy atom. The lowest BCUT2D eigenvalue weighted by molar-refractivity contribution is 0.486. The fraction of sp³-hybridized carbons (Fsp3) is 0.0149. The summed E-state index contributed by atoms with van der Waals surface area (Å²) in [6.07, 6.45) is 0. The van der Waals surface area contributed by atoms with Gasteiger partial charge in [-0.15, -0.1) is 0 Å². The fourth-order valence-electron chi connectivity index (χ4n) is 11.3. The van der Waals surface area contributed by atoms with Crippen molar-refractivity contribution in [3.05, 3.63) is 313 Å². The number of ether oxygens (including phenoxy) is 1. The Bertz CT molecular complexity index is 3480. The lowest BCUT2D eigenvalue weighted by Crippen LogP contribution is -2.59. The lowest BCUT2D eigenvalue weighted by Gasteiger charge is -2.43. The summed E-state index contributed by atoms with van der Waals surface area (Å²) in [6.45, 7) is -0.158. The Kier molecular flexibility index (Phi) is 10.8. The maximum absolute atomic E-state index is 7.55. The third-order valence-electron chi connectivity index (χ3n) is 14.4. The van der Waals surface area contributed by atoms with Gasteiger partial charge < -0.3 is 19.4 Å². The Hall–Kier alpha value is -9.32. The molecule has 0 aromatic heterocycles. The molecular formula is C67H48BN3O. The van der Waals surface area contributed by atoms with Crippen LogP contribution in [0.1, 0.15) is 22.3 Å². The predicted octanol–water partition coefficient (Wildman–Crippen LogP) is 15.4. The number of benzene rings is 11. The van der Waals surface area contributed by atoms with Crippen LogP contribution in [0.4, 0.5) is 51.2 Å². The first-order chi connectivity index (χ1) is 35.7. The fourth-order valence-corrected chi connectivity index (χ4v) is 11.3. The molecule has 0 fully saturated rings. The molecule has 0 saturated carbocycles. The van der Waals surface area contributed by atoms with Crippen molar-refractivity contribution < 1.29 is 4.74 Å². The average molecular weight is 922 g/mol.